The third-order valence-electron chi connectivity index (χ3n) is 11.9. The minimum atomic E-state index is -4.75. The van der Waals surface area contributed by atoms with Crippen LogP contribution in [0.4, 0.5) is 0 Å². The predicted molar refractivity (Wildman–Crippen MR) is 288 cm³/mol. The van der Waals surface area contributed by atoms with Gasteiger partial charge < -0.3 is 24.2 Å². The van der Waals surface area contributed by atoms with Gasteiger partial charge in [-0.1, -0.05) is 216 Å². The minimum absolute atomic E-state index is 0.161. The van der Waals surface area contributed by atoms with Crippen LogP contribution in [0, 0.1) is 0 Å². The van der Waals surface area contributed by atoms with Crippen molar-refractivity contribution in [2.75, 3.05) is 26.4 Å². The number of allylic oxidation sites excluding steroid dienone is 10. The molecular formula is C58H103O11P. The number of unbranched alkanes of at least 4 members (excludes halogenated alkanes) is 25. The molecule has 12 heteroatoms. The van der Waals surface area contributed by atoms with E-state index in [2.05, 4.69) is 81.5 Å². The third-order valence-corrected chi connectivity index (χ3v) is 12.9. The second kappa shape index (κ2) is 52.5. The smallest absolute Gasteiger partial charge is 0.462 e. The Morgan fingerprint density at radius 2 is 0.757 bits per heavy atom. The second-order valence-corrected chi connectivity index (χ2v) is 20.2. The molecular weight excluding hydrogens is 904 g/mol. The Hall–Kier alpha value is -2.82. The Bertz CT molecular complexity index is 1410. The largest absolute Gasteiger partial charge is 0.472 e. The zero-order valence-corrected chi connectivity index (χ0v) is 45.6. The van der Waals surface area contributed by atoms with Gasteiger partial charge in [0, 0.05) is 19.3 Å². The van der Waals surface area contributed by atoms with Gasteiger partial charge in [-0.15, -0.1) is 0 Å². The highest BCUT2D eigenvalue weighted by molar-refractivity contribution is 7.47. The van der Waals surface area contributed by atoms with E-state index in [4.69, 9.17) is 23.3 Å². The number of aliphatic hydroxyl groups is 1. The van der Waals surface area contributed by atoms with Crippen LogP contribution < -0.4 is 0 Å². The summed E-state index contributed by atoms with van der Waals surface area (Å²) in [5.41, 5.74) is 0. The number of carbonyl (C=O) groups excluding carboxylic acids is 3. The lowest BCUT2D eigenvalue weighted by atomic mass is 10.0. The number of hydrogen-bond donors (Lipinski definition) is 2. The fraction of sp³-hybridized carbons (Fsp3) is 0.776. The first-order valence-corrected chi connectivity index (χ1v) is 29.7. The lowest BCUT2D eigenvalue weighted by molar-refractivity contribution is -0.161. The van der Waals surface area contributed by atoms with E-state index in [9.17, 15) is 28.9 Å². The van der Waals surface area contributed by atoms with Crippen molar-refractivity contribution in [3.8, 4) is 0 Å². The van der Waals surface area contributed by atoms with E-state index in [1.807, 2.05) is 0 Å². The van der Waals surface area contributed by atoms with Crippen molar-refractivity contribution in [3.63, 3.8) is 0 Å². The van der Waals surface area contributed by atoms with Gasteiger partial charge in [0.25, 0.3) is 0 Å². The van der Waals surface area contributed by atoms with E-state index >= 15 is 0 Å². The van der Waals surface area contributed by atoms with E-state index in [0.717, 1.165) is 96.3 Å². The summed E-state index contributed by atoms with van der Waals surface area (Å²) < 4.78 is 39.4. The number of phosphoric acid groups is 1. The maximum Gasteiger partial charge on any atom is 0.472 e. The van der Waals surface area contributed by atoms with Gasteiger partial charge >= 0.3 is 25.7 Å². The topological polar surface area (TPSA) is 155 Å². The third kappa shape index (κ3) is 50.1. The summed E-state index contributed by atoms with van der Waals surface area (Å²) in [5.74, 6) is -1.52. The Balaban J connectivity index is 4.77. The molecule has 0 aromatic carbocycles. The van der Waals surface area contributed by atoms with Crippen LogP contribution in [0.3, 0.4) is 0 Å². The van der Waals surface area contributed by atoms with E-state index < -0.39 is 57.8 Å². The van der Waals surface area contributed by atoms with Gasteiger partial charge in [-0.05, 0) is 77.0 Å². The molecule has 0 saturated heterocycles. The molecule has 0 aromatic heterocycles. The van der Waals surface area contributed by atoms with Crippen molar-refractivity contribution in [1.82, 2.24) is 0 Å². The van der Waals surface area contributed by atoms with Crippen molar-refractivity contribution in [2.24, 2.45) is 0 Å². The number of rotatable bonds is 52. The van der Waals surface area contributed by atoms with E-state index in [-0.39, 0.29) is 25.9 Å². The number of phosphoric ester groups is 1. The Morgan fingerprint density at radius 1 is 0.414 bits per heavy atom. The lowest BCUT2D eigenvalue weighted by Crippen LogP contribution is -2.30. The molecule has 0 aliphatic rings. The average molecular weight is 1010 g/mol. The van der Waals surface area contributed by atoms with E-state index in [1.54, 1.807) is 0 Å². The summed E-state index contributed by atoms with van der Waals surface area (Å²) in [6.07, 6.45) is 56.2. The van der Waals surface area contributed by atoms with Gasteiger partial charge in [0.2, 0.25) is 0 Å². The fourth-order valence-electron chi connectivity index (χ4n) is 7.62. The van der Waals surface area contributed by atoms with Crippen LogP contribution in [-0.4, -0.2) is 66.5 Å². The molecule has 0 saturated carbocycles. The van der Waals surface area contributed by atoms with Crippen LogP contribution in [0.2, 0.25) is 0 Å². The molecule has 0 spiro atoms. The molecule has 11 nitrogen and oxygen atoms in total. The molecule has 0 aliphatic carbocycles. The second-order valence-electron chi connectivity index (χ2n) is 18.7. The summed E-state index contributed by atoms with van der Waals surface area (Å²) in [6, 6.07) is 0. The molecule has 406 valence electrons. The fourth-order valence-corrected chi connectivity index (χ4v) is 8.41. The van der Waals surface area contributed by atoms with Crippen LogP contribution in [0.25, 0.3) is 0 Å². The highest BCUT2D eigenvalue weighted by Crippen LogP contribution is 2.43. The maximum absolute atomic E-state index is 12.9. The van der Waals surface area contributed by atoms with Crippen LogP contribution in [0.1, 0.15) is 252 Å². The molecule has 0 aromatic rings. The summed E-state index contributed by atoms with van der Waals surface area (Å²) in [6.45, 7) is 4.45. The van der Waals surface area contributed by atoms with Crippen LogP contribution in [0.15, 0.2) is 60.8 Å². The molecule has 0 rings (SSSR count). The number of esters is 3. The first-order valence-electron chi connectivity index (χ1n) is 28.2. The van der Waals surface area contributed by atoms with Crippen LogP contribution in [0.5, 0.6) is 0 Å². The molecule has 2 N–H and O–H groups in total. The van der Waals surface area contributed by atoms with Crippen LogP contribution >= 0.6 is 7.82 Å². The Labute approximate surface area is 427 Å². The predicted octanol–water partition coefficient (Wildman–Crippen LogP) is 16.4. The van der Waals surface area contributed by atoms with Gasteiger partial charge in [-0.2, -0.15) is 0 Å². The number of ether oxygens (including phenoxy) is 3. The van der Waals surface area contributed by atoms with Crippen molar-refractivity contribution >= 4 is 25.7 Å². The Kier molecular flexibility index (Phi) is 50.4. The number of hydrogen-bond acceptors (Lipinski definition) is 10. The summed E-state index contributed by atoms with van der Waals surface area (Å²) in [7, 11) is -4.75. The molecule has 3 atom stereocenters. The first kappa shape index (κ1) is 67.2. The van der Waals surface area contributed by atoms with Gasteiger partial charge in [0.05, 0.1) is 19.8 Å². The zero-order chi connectivity index (χ0) is 51.3. The van der Waals surface area contributed by atoms with Gasteiger partial charge in [0.1, 0.15) is 12.7 Å². The SMILES string of the molecule is CC/C=C\C/C=C\C/C=C\C/C=C\CCCCC(=O)OCC(COP(=O)(O)OCC(CO)OC(=O)CCCCCCC/C=C\CCCC)OC(=O)CCCCCCCCCCCCCCCCCCC. The minimum Gasteiger partial charge on any atom is -0.462 e. The standard InChI is InChI=1S/C58H103O11P/c1-4-7-10-13-16-19-22-24-26-27-29-31-34-37-40-43-46-49-58(62)69-55(51-65-56(60)47-44-41-38-35-33-30-28-25-23-20-17-14-11-8-5-2)53-67-70(63,64)66-52-54(50-59)68-57(61)48-45-42-39-36-32-21-18-15-12-9-6-3/h8,11,15,17-18,20,25,28,33,35,54-55,59H,4-7,9-10,12-14,16,19,21-24,26-27,29-32,34,36-53H2,1-3H3,(H,63,64)/b11-8-,18-15-,20-17-,28-25-,35-33-. The van der Waals surface area contributed by atoms with Crippen molar-refractivity contribution < 1.29 is 52.2 Å². The van der Waals surface area contributed by atoms with Crippen molar-refractivity contribution in [2.45, 2.75) is 264 Å². The maximum atomic E-state index is 12.9. The molecule has 70 heavy (non-hydrogen) atoms. The molecule has 0 aliphatic heterocycles. The van der Waals surface area contributed by atoms with Crippen molar-refractivity contribution in [1.29, 1.82) is 0 Å². The number of aliphatic hydroxyl groups excluding tert-OH is 1. The highest BCUT2D eigenvalue weighted by atomic mass is 31.2. The molecule has 0 fully saturated rings. The van der Waals surface area contributed by atoms with Gasteiger partial charge in [-0.25, -0.2) is 4.57 Å². The lowest BCUT2D eigenvalue weighted by Gasteiger charge is -2.21. The molecule has 0 radical (unpaired) electrons. The summed E-state index contributed by atoms with van der Waals surface area (Å²) >= 11 is 0. The zero-order valence-electron chi connectivity index (χ0n) is 44.7. The van der Waals surface area contributed by atoms with Crippen LogP contribution in [-0.2, 0) is 42.2 Å². The van der Waals surface area contributed by atoms with Gasteiger partial charge in [0.15, 0.2) is 6.10 Å². The van der Waals surface area contributed by atoms with Gasteiger partial charge in [-0.3, -0.25) is 23.4 Å². The first-order chi connectivity index (χ1) is 34.2. The molecule has 0 bridgehead atoms. The average Bonchev–Trinajstić information content (AvgIpc) is 3.35. The normalized spacial score (nSPS) is 13.8. The highest BCUT2D eigenvalue weighted by Gasteiger charge is 2.28. The molecule has 0 heterocycles. The Morgan fingerprint density at radius 3 is 1.23 bits per heavy atom. The summed E-state index contributed by atoms with van der Waals surface area (Å²) in [5, 5.41) is 9.78. The van der Waals surface area contributed by atoms with E-state index in [0.29, 0.717) is 19.3 Å². The van der Waals surface area contributed by atoms with Crippen molar-refractivity contribution in [3.05, 3.63) is 60.8 Å². The summed E-state index contributed by atoms with van der Waals surface area (Å²) in [4.78, 5) is 48.4. The monoisotopic (exact) mass is 1010 g/mol. The molecule has 0 amide bonds. The quantitative estimate of drug-likeness (QED) is 0.0197. The number of carbonyl (C=O) groups is 3. The molecule has 3 unspecified atom stereocenters. The van der Waals surface area contributed by atoms with E-state index in [1.165, 1.54) is 96.3 Å².